The fourth-order valence-corrected chi connectivity index (χ4v) is 2.96. The molecule has 138 valence electrons. The van der Waals surface area contributed by atoms with Crippen LogP contribution in [0.2, 0.25) is 0 Å². The van der Waals surface area contributed by atoms with E-state index < -0.39 is 12.0 Å². The van der Waals surface area contributed by atoms with Gasteiger partial charge in [0.15, 0.2) is 0 Å². The molecule has 1 amide bonds. The number of amides is 1. The van der Waals surface area contributed by atoms with Gasteiger partial charge >= 0.3 is 5.97 Å². The van der Waals surface area contributed by atoms with Crippen molar-refractivity contribution >= 4 is 40.5 Å². The normalized spacial score (nSPS) is 12.1. The minimum atomic E-state index is -0.631. The largest absolute Gasteiger partial charge is 0.497 e. The van der Waals surface area contributed by atoms with Gasteiger partial charge in [0.2, 0.25) is 5.91 Å². The zero-order valence-corrected chi connectivity index (χ0v) is 16.0. The molecule has 0 aliphatic heterocycles. The van der Waals surface area contributed by atoms with Crippen molar-refractivity contribution in [2.24, 2.45) is 0 Å². The lowest BCUT2D eigenvalue weighted by Gasteiger charge is -2.14. The fraction of sp³-hybridized carbons (Fsp3) is 0.300. The van der Waals surface area contributed by atoms with Gasteiger partial charge in [-0.3, -0.25) is 4.79 Å². The van der Waals surface area contributed by atoms with Gasteiger partial charge in [0.1, 0.15) is 11.8 Å². The maximum absolute atomic E-state index is 12.1. The van der Waals surface area contributed by atoms with Crippen molar-refractivity contribution in [3.8, 4) is 5.75 Å². The van der Waals surface area contributed by atoms with Crippen LogP contribution in [0.15, 0.2) is 42.5 Å². The summed E-state index contributed by atoms with van der Waals surface area (Å²) in [5.74, 6) is 0.814. The average molecular weight is 373 g/mol. The first kappa shape index (κ1) is 19.8. The molecule has 2 aromatic carbocycles. The minimum Gasteiger partial charge on any atom is -0.497 e. The van der Waals surface area contributed by atoms with E-state index in [4.69, 9.17) is 9.47 Å². The maximum Gasteiger partial charge on any atom is 0.328 e. The molecule has 0 heterocycles. The predicted octanol–water partition coefficient (Wildman–Crippen LogP) is 3.27. The number of thioether (sulfide) groups is 1. The highest BCUT2D eigenvalue weighted by atomic mass is 32.2. The standard InChI is InChI=1S/C20H23NO4S/c1-24-17-8-7-15-12-14(4-6-16(15)13-17)5-9-19(22)21-18(10-11-26-3)20(23)25-2/h4-9,12-13,18H,10-11H2,1-3H3,(H,21,22)/b9-5+/t18-/m1/s1. The van der Waals surface area contributed by atoms with E-state index >= 15 is 0 Å². The highest BCUT2D eigenvalue weighted by Crippen LogP contribution is 2.22. The lowest BCUT2D eigenvalue weighted by Crippen LogP contribution is -2.41. The van der Waals surface area contributed by atoms with E-state index in [-0.39, 0.29) is 5.91 Å². The van der Waals surface area contributed by atoms with E-state index in [9.17, 15) is 9.59 Å². The van der Waals surface area contributed by atoms with Gasteiger partial charge in [-0.05, 0) is 59.0 Å². The summed E-state index contributed by atoms with van der Waals surface area (Å²) in [5, 5.41) is 4.81. The number of fused-ring (bicyclic) bond motifs is 1. The van der Waals surface area contributed by atoms with Crippen molar-refractivity contribution in [2.45, 2.75) is 12.5 Å². The number of hydrogen-bond donors (Lipinski definition) is 1. The number of esters is 1. The summed E-state index contributed by atoms with van der Waals surface area (Å²) in [6.07, 6.45) is 5.64. The molecular formula is C20H23NO4S. The van der Waals surface area contributed by atoms with Crippen LogP contribution in [-0.4, -0.2) is 44.1 Å². The van der Waals surface area contributed by atoms with Crippen LogP contribution < -0.4 is 10.1 Å². The van der Waals surface area contributed by atoms with Crippen LogP contribution >= 0.6 is 11.8 Å². The van der Waals surface area contributed by atoms with Gasteiger partial charge in [0.05, 0.1) is 14.2 Å². The van der Waals surface area contributed by atoms with Crippen molar-refractivity contribution in [3.63, 3.8) is 0 Å². The van der Waals surface area contributed by atoms with Crippen LogP contribution in [-0.2, 0) is 14.3 Å². The van der Waals surface area contributed by atoms with Crippen LogP contribution in [0.3, 0.4) is 0 Å². The first-order chi connectivity index (χ1) is 12.6. The topological polar surface area (TPSA) is 64.6 Å². The molecule has 0 aliphatic rings. The highest BCUT2D eigenvalue weighted by Gasteiger charge is 2.19. The third-order valence-corrected chi connectivity index (χ3v) is 4.56. The molecular weight excluding hydrogens is 350 g/mol. The molecule has 26 heavy (non-hydrogen) atoms. The Balaban J connectivity index is 2.06. The molecule has 0 aliphatic carbocycles. The summed E-state index contributed by atoms with van der Waals surface area (Å²) >= 11 is 1.61. The second-order valence-corrected chi connectivity index (χ2v) is 6.66. The summed E-state index contributed by atoms with van der Waals surface area (Å²) < 4.78 is 9.96. The molecule has 1 atom stereocenters. The molecule has 5 nitrogen and oxygen atoms in total. The zero-order valence-electron chi connectivity index (χ0n) is 15.2. The monoisotopic (exact) mass is 373 g/mol. The molecule has 0 saturated heterocycles. The number of benzene rings is 2. The first-order valence-corrected chi connectivity index (χ1v) is 9.60. The Morgan fingerprint density at radius 2 is 1.88 bits per heavy atom. The molecule has 2 aromatic rings. The number of nitrogens with one attached hydrogen (secondary N) is 1. The van der Waals surface area contributed by atoms with Crippen LogP contribution in [0.5, 0.6) is 5.75 Å². The second kappa shape index (κ2) is 9.87. The number of ether oxygens (including phenoxy) is 2. The Morgan fingerprint density at radius 1 is 1.15 bits per heavy atom. The molecule has 0 bridgehead atoms. The number of carbonyl (C=O) groups is 2. The van der Waals surface area contributed by atoms with E-state index in [1.165, 1.54) is 13.2 Å². The van der Waals surface area contributed by atoms with Gasteiger partial charge in [-0.15, -0.1) is 0 Å². The van der Waals surface area contributed by atoms with Gasteiger partial charge < -0.3 is 14.8 Å². The smallest absolute Gasteiger partial charge is 0.328 e. The molecule has 0 fully saturated rings. The van der Waals surface area contributed by atoms with Crippen molar-refractivity contribution in [3.05, 3.63) is 48.0 Å². The fourth-order valence-electron chi connectivity index (χ4n) is 2.49. The van der Waals surface area contributed by atoms with Gasteiger partial charge in [-0.25, -0.2) is 4.79 Å². The van der Waals surface area contributed by atoms with Crippen molar-refractivity contribution < 1.29 is 19.1 Å². The van der Waals surface area contributed by atoms with Gasteiger partial charge in [0.25, 0.3) is 0 Å². The van der Waals surface area contributed by atoms with Crippen LogP contribution in [0, 0.1) is 0 Å². The van der Waals surface area contributed by atoms with E-state index in [0.717, 1.165) is 27.8 Å². The Kier molecular flexibility index (Phi) is 7.53. The molecule has 1 N–H and O–H groups in total. The second-order valence-electron chi connectivity index (χ2n) is 5.67. The summed E-state index contributed by atoms with van der Waals surface area (Å²) in [7, 11) is 2.96. The lowest BCUT2D eigenvalue weighted by atomic mass is 10.1. The Morgan fingerprint density at radius 3 is 2.58 bits per heavy atom. The minimum absolute atomic E-state index is 0.323. The van der Waals surface area contributed by atoms with E-state index in [1.54, 1.807) is 24.9 Å². The molecule has 0 unspecified atom stereocenters. The van der Waals surface area contributed by atoms with E-state index in [0.29, 0.717) is 6.42 Å². The van der Waals surface area contributed by atoms with Crippen LogP contribution in [0.25, 0.3) is 16.8 Å². The van der Waals surface area contributed by atoms with Crippen molar-refractivity contribution in [1.29, 1.82) is 0 Å². The third-order valence-electron chi connectivity index (χ3n) is 3.91. The van der Waals surface area contributed by atoms with Gasteiger partial charge in [-0.2, -0.15) is 11.8 Å². The van der Waals surface area contributed by atoms with Crippen LogP contribution in [0.1, 0.15) is 12.0 Å². The third kappa shape index (κ3) is 5.52. The Bertz CT molecular complexity index is 803. The van der Waals surface area contributed by atoms with E-state index in [1.807, 2.05) is 42.7 Å². The Hall–Kier alpha value is -2.47. The van der Waals surface area contributed by atoms with Gasteiger partial charge in [-0.1, -0.05) is 18.2 Å². The predicted molar refractivity (Wildman–Crippen MR) is 106 cm³/mol. The van der Waals surface area contributed by atoms with Crippen molar-refractivity contribution in [1.82, 2.24) is 5.32 Å². The maximum atomic E-state index is 12.1. The highest BCUT2D eigenvalue weighted by molar-refractivity contribution is 7.98. The molecule has 0 saturated carbocycles. The molecule has 0 spiro atoms. The zero-order chi connectivity index (χ0) is 18.9. The summed E-state index contributed by atoms with van der Waals surface area (Å²) in [4.78, 5) is 23.9. The van der Waals surface area contributed by atoms with E-state index in [2.05, 4.69) is 5.32 Å². The quantitative estimate of drug-likeness (QED) is 0.568. The Labute approximate surface area is 157 Å². The lowest BCUT2D eigenvalue weighted by molar-refractivity contribution is -0.144. The van der Waals surface area contributed by atoms with Crippen molar-refractivity contribution in [2.75, 3.05) is 26.2 Å². The summed E-state index contributed by atoms with van der Waals surface area (Å²) in [6.45, 7) is 0. The molecule has 2 rings (SSSR count). The number of carbonyl (C=O) groups excluding carboxylic acids is 2. The number of rotatable bonds is 8. The average Bonchev–Trinajstić information content (AvgIpc) is 2.68. The summed E-state index contributed by atoms with van der Waals surface area (Å²) in [5.41, 5.74) is 0.900. The van der Waals surface area contributed by atoms with Gasteiger partial charge in [0, 0.05) is 6.08 Å². The SMILES string of the molecule is COC(=O)[C@@H](CCSC)NC(=O)/C=C/c1ccc2cc(OC)ccc2c1. The first-order valence-electron chi connectivity index (χ1n) is 8.20. The molecule has 0 radical (unpaired) electrons. The number of hydrogen-bond acceptors (Lipinski definition) is 5. The summed E-state index contributed by atoms with van der Waals surface area (Å²) in [6, 6.07) is 11.1. The van der Waals surface area contributed by atoms with Crippen LogP contribution in [0.4, 0.5) is 0 Å². The molecule has 6 heteroatoms. The molecule has 0 aromatic heterocycles. The number of methoxy groups -OCH3 is 2.